The van der Waals surface area contributed by atoms with E-state index in [1.165, 1.54) is 0 Å². The quantitative estimate of drug-likeness (QED) is 0.608. The van der Waals surface area contributed by atoms with Gasteiger partial charge >= 0.3 is 11.9 Å². The van der Waals surface area contributed by atoms with E-state index in [1.54, 1.807) is 0 Å². The first-order valence-electron chi connectivity index (χ1n) is 5.89. The monoisotopic (exact) mass is 273 g/mol. The number of amides is 1. The normalized spacial score (nSPS) is 11.8. The summed E-state index contributed by atoms with van der Waals surface area (Å²) < 4.78 is 4.50. The molecule has 1 atom stereocenters. The summed E-state index contributed by atoms with van der Waals surface area (Å²) in [5, 5.41) is 11.0. The highest BCUT2D eigenvalue weighted by atomic mass is 16.5. The Bertz CT molecular complexity index is 363. The largest absolute Gasteiger partial charge is 0.481 e. The average molecular weight is 273 g/mol. The molecule has 0 aromatic heterocycles. The predicted molar refractivity (Wildman–Crippen MR) is 65.3 cm³/mol. The first kappa shape index (κ1) is 17.1. The van der Waals surface area contributed by atoms with E-state index in [0.717, 1.165) is 6.92 Å². The predicted octanol–water partition coefficient (Wildman–Crippen LogP) is 0.124. The number of Topliss-reactive ketones (excluding diaryl/α,β-unsaturated/α-hetero) is 1. The lowest BCUT2D eigenvalue weighted by Crippen LogP contribution is -2.44. The van der Waals surface area contributed by atoms with Gasteiger partial charge in [-0.1, -0.05) is 13.8 Å². The molecule has 0 aliphatic rings. The highest BCUT2D eigenvalue weighted by Gasteiger charge is 2.24. The topological polar surface area (TPSA) is 110 Å². The molecule has 1 unspecified atom stereocenters. The fraction of sp³-hybridized carbons (Fsp3) is 0.667. The van der Waals surface area contributed by atoms with E-state index in [0.29, 0.717) is 0 Å². The summed E-state index contributed by atoms with van der Waals surface area (Å²) in [7, 11) is 0. The van der Waals surface area contributed by atoms with Gasteiger partial charge in [-0.05, 0) is 5.92 Å². The van der Waals surface area contributed by atoms with Crippen LogP contribution in [-0.2, 0) is 23.9 Å². The Hall–Kier alpha value is -1.92. The molecule has 19 heavy (non-hydrogen) atoms. The molecular weight excluding hydrogens is 254 g/mol. The van der Waals surface area contributed by atoms with Crippen LogP contribution < -0.4 is 5.32 Å². The first-order chi connectivity index (χ1) is 8.72. The van der Waals surface area contributed by atoms with Crippen LogP contribution in [0.1, 0.15) is 33.6 Å². The third-order valence-electron chi connectivity index (χ3n) is 2.11. The molecule has 0 aliphatic heterocycles. The van der Waals surface area contributed by atoms with E-state index >= 15 is 0 Å². The molecule has 0 fully saturated rings. The lowest BCUT2D eigenvalue weighted by molar-refractivity contribution is -0.147. The van der Waals surface area contributed by atoms with Gasteiger partial charge in [-0.2, -0.15) is 0 Å². The molecule has 0 aliphatic carbocycles. The summed E-state index contributed by atoms with van der Waals surface area (Å²) in [5.74, 6) is -2.82. The van der Waals surface area contributed by atoms with Crippen molar-refractivity contribution in [1.29, 1.82) is 0 Å². The van der Waals surface area contributed by atoms with Crippen LogP contribution in [0, 0.1) is 5.92 Å². The molecule has 108 valence electrons. The number of carbonyl (C=O) groups excluding carboxylic acids is 3. The Kier molecular flexibility index (Phi) is 7.40. The van der Waals surface area contributed by atoms with Crippen molar-refractivity contribution in [3.05, 3.63) is 0 Å². The van der Waals surface area contributed by atoms with Gasteiger partial charge in [0.2, 0.25) is 5.91 Å². The van der Waals surface area contributed by atoms with Crippen LogP contribution in [0.5, 0.6) is 0 Å². The zero-order chi connectivity index (χ0) is 15.0. The summed E-state index contributed by atoms with van der Waals surface area (Å²) in [6.07, 6.45) is -0.346. The van der Waals surface area contributed by atoms with Crippen LogP contribution in [0.25, 0.3) is 0 Å². The smallest absolute Gasteiger partial charge is 0.305 e. The van der Waals surface area contributed by atoms with Crippen molar-refractivity contribution in [2.24, 2.45) is 5.92 Å². The fourth-order valence-electron chi connectivity index (χ4n) is 1.32. The van der Waals surface area contributed by atoms with Gasteiger partial charge in [-0.25, -0.2) is 0 Å². The maximum absolute atomic E-state index is 11.6. The van der Waals surface area contributed by atoms with E-state index in [9.17, 15) is 19.2 Å². The number of esters is 1. The number of carbonyl (C=O) groups is 4. The minimum Gasteiger partial charge on any atom is -0.481 e. The van der Waals surface area contributed by atoms with Gasteiger partial charge in [-0.15, -0.1) is 0 Å². The minimum atomic E-state index is -1.22. The Morgan fingerprint density at radius 3 is 2.16 bits per heavy atom. The molecule has 0 saturated carbocycles. The van der Waals surface area contributed by atoms with Crippen molar-refractivity contribution < 1.29 is 29.0 Å². The molecule has 7 nitrogen and oxygen atoms in total. The number of ketones is 1. The summed E-state index contributed by atoms with van der Waals surface area (Å²) in [4.78, 5) is 44.4. The van der Waals surface area contributed by atoms with E-state index in [2.05, 4.69) is 10.1 Å². The SMILES string of the molecule is CC(=O)OCC(=O)C(CC(=O)O)NC(=O)CC(C)C. The van der Waals surface area contributed by atoms with Crippen LogP contribution in [0.4, 0.5) is 0 Å². The van der Waals surface area contributed by atoms with Crippen molar-refractivity contribution in [2.45, 2.75) is 39.7 Å². The van der Waals surface area contributed by atoms with Crippen LogP contribution in [0.3, 0.4) is 0 Å². The van der Waals surface area contributed by atoms with Gasteiger partial charge < -0.3 is 15.2 Å². The second-order valence-electron chi connectivity index (χ2n) is 4.56. The fourth-order valence-corrected chi connectivity index (χ4v) is 1.32. The van der Waals surface area contributed by atoms with Gasteiger partial charge in [-0.3, -0.25) is 19.2 Å². The number of carboxylic acids is 1. The minimum absolute atomic E-state index is 0.0917. The molecule has 0 bridgehead atoms. The molecule has 7 heteroatoms. The van der Waals surface area contributed by atoms with Gasteiger partial charge in [0, 0.05) is 13.3 Å². The number of hydrogen-bond donors (Lipinski definition) is 2. The average Bonchev–Trinajstić information content (AvgIpc) is 2.22. The van der Waals surface area contributed by atoms with E-state index in [4.69, 9.17) is 5.11 Å². The molecule has 0 heterocycles. The van der Waals surface area contributed by atoms with Crippen LogP contribution >= 0.6 is 0 Å². The number of nitrogens with one attached hydrogen (secondary N) is 1. The van der Waals surface area contributed by atoms with Crippen molar-refractivity contribution >= 4 is 23.6 Å². The highest BCUT2D eigenvalue weighted by Crippen LogP contribution is 2.02. The Morgan fingerprint density at radius 2 is 1.74 bits per heavy atom. The van der Waals surface area contributed by atoms with Gasteiger partial charge in [0.05, 0.1) is 6.42 Å². The lowest BCUT2D eigenvalue weighted by Gasteiger charge is -2.16. The molecule has 0 rings (SSSR count). The molecule has 0 radical (unpaired) electrons. The van der Waals surface area contributed by atoms with Gasteiger partial charge in [0.1, 0.15) is 6.04 Å². The molecule has 0 aromatic carbocycles. The zero-order valence-electron chi connectivity index (χ0n) is 11.3. The summed E-state index contributed by atoms with van der Waals surface area (Å²) in [6.45, 7) is 4.24. The number of ether oxygens (including phenoxy) is 1. The standard InChI is InChI=1S/C12H19NO6/c1-7(2)4-11(16)13-9(5-12(17)18)10(15)6-19-8(3)14/h7,9H,4-6H2,1-3H3,(H,13,16)(H,17,18). The Balaban J connectivity index is 4.52. The number of aliphatic carboxylic acids is 1. The van der Waals surface area contributed by atoms with Gasteiger partial charge in [0.25, 0.3) is 0 Å². The summed E-state index contributed by atoms with van der Waals surface area (Å²) >= 11 is 0. The highest BCUT2D eigenvalue weighted by molar-refractivity contribution is 5.93. The zero-order valence-corrected chi connectivity index (χ0v) is 11.3. The van der Waals surface area contributed by atoms with Crippen molar-refractivity contribution in [2.75, 3.05) is 6.61 Å². The van der Waals surface area contributed by atoms with Crippen LogP contribution in [0.15, 0.2) is 0 Å². The second kappa shape index (κ2) is 8.23. The second-order valence-corrected chi connectivity index (χ2v) is 4.56. The van der Waals surface area contributed by atoms with E-state index in [1.807, 2.05) is 13.8 Å². The summed E-state index contributed by atoms with van der Waals surface area (Å²) in [6, 6.07) is -1.18. The Morgan fingerprint density at radius 1 is 1.16 bits per heavy atom. The maximum Gasteiger partial charge on any atom is 0.305 e. The molecular formula is C12H19NO6. The van der Waals surface area contributed by atoms with Crippen LogP contribution in [-0.4, -0.2) is 41.4 Å². The van der Waals surface area contributed by atoms with Gasteiger partial charge in [0.15, 0.2) is 12.4 Å². The molecule has 0 saturated heterocycles. The van der Waals surface area contributed by atoms with E-state index in [-0.39, 0.29) is 12.3 Å². The molecule has 0 spiro atoms. The number of hydrogen-bond acceptors (Lipinski definition) is 5. The number of carboxylic acid groups (broad SMARTS) is 1. The van der Waals surface area contributed by atoms with Crippen molar-refractivity contribution in [3.63, 3.8) is 0 Å². The van der Waals surface area contributed by atoms with E-state index < -0.39 is 42.7 Å². The third kappa shape index (κ3) is 8.76. The maximum atomic E-state index is 11.6. The number of rotatable bonds is 8. The molecule has 2 N–H and O–H groups in total. The third-order valence-corrected chi connectivity index (χ3v) is 2.11. The molecule has 0 aromatic rings. The Labute approximate surface area is 111 Å². The van der Waals surface area contributed by atoms with Crippen molar-refractivity contribution in [1.82, 2.24) is 5.32 Å². The first-order valence-corrected chi connectivity index (χ1v) is 5.89. The van der Waals surface area contributed by atoms with Crippen LogP contribution in [0.2, 0.25) is 0 Å². The lowest BCUT2D eigenvalue weighted by atomic mass is 10.1. The molecule has 1 amide bonds. The van der Waals surface area contributed by atoms with Crippen molar-refractivity contribution in [3.8, 4) is 0 Å². The summed E-state index contributed by atoms with van der Waals surface area (Å²) in [5.41, 5.74) is 0.